The van der Waals surface area contributed by atoms with E-state index in [1.54, 1.807) is 0 Å². The van der Waals surface area contributed by atoms with E-state index in [0.717, 1.165) is 55.1 Å². The average Bonchev–Trinajstić information content (AvgIpc) is 3.34. The molecule has 3 heterocycles. The lowest BCUT2D eigenvalue weighted by Crippen LogP contribution is -2.00. The summed E-state index contributed by atoms with van der Waals surface area (Å²) in [5, 5.41) is 11.7. The van der Waals surface area contributed by atoms with Crippen molar-refractivity contribution in [2.45, 2.75) is 0 Å². The molecule has 3 aromatic heterocycles. The van der Waals surface area contributed by atoms with Crippen molar-refractivity contribution in [3.8, 4) is 56.4 Å². The second-order valence-electron chi connectivity index (χ2n) is 14.9. The number of nitrogens with zero attached hydrogens (tertiary/aromatic N) is 5. The number of rotatable bonds is 5. The molecule has 5 heteroatoms. The maximum Gasteiger partial charge on any atom is 0.164 e. The molecular formula is C55H35N5. The summed E-state index contributed by atoms with van der Waals surface area (Å²) in [6.07, 6.45) is 7.25. The third kappa shape index (κ3) is 6.35. The summed E-state index contributed by atoms with van der Waals surface area (Å²) in [6, 6.07) is 66.5. The van der Waals surface area contributed by atoms with Gasteiger partial charge >= 0.3 is 0 Å². The van der Waals surface area contributed by atoms with Gasteiger partial charge in [-0.2, -0.15) is 0 Å². The third-order valence-electron chi connectivity index (χ3n) is 11.4. The molecule has 11 rings (SSSR count). The molecule has 0 atom stereocenters. The minimum atomic E-state index is 0.600. The van der Waals surface area contributed by atoms with Crippen molar-refractivity contribution in [2.75, 3.05) is 0 Å². The first-order chi connectivity index (χ1) is 29.7. The lowest BCUT2D eigenvalue weighted by molar-refractivity contribution is 1.07. The van der Waals surface area contributed by atoms with Crippen molar-refractivity contribution in [1.29, 1.82) is 0 Å². The fourth-order valence-electron chi connectivity index (χ4n) is 8.43. The Balaban J connectivity index is 1.18. The molecule has 8 aromatic carbocycles. The molecule has 0 aliphatic carbocycles. The van der Waals surface area contributed by atoms with Crippen LogP contribution in [0.15, 0.2) is 213 Å². The number of pyridine rings is 2. The van der Waals surface area contributed by atoms with Crippen molar-refractivity contribution < 1.29 is 0 Å². The zero-order valence-corrected chi connectivity index (χ0v) is 32.4. The predicted octanol–water partition coefficient (Wildman–Crippen LogP) is 13.9. The van der Waals surface area contributed by atoms with E-state index in [0.29, 0.717) is 17.5 Å². The fourth-order valence-corrected chi connectivity index (χ4v) is 8.43. The maximum absolute atomic E-state index is 5.22. The van der Waals surface area contributed by atoms with Crippen molar-refractivity contribution >= 4 is 53.9 Å². The van der Waals surface area contributed by atoms with Gasteiger partial charge in [0.1, 0.15) is 0 Å². The Labute approximate surface area is 346 Å². The topological polar surface area (TPSA) is 64.5 Å². The van der Waals surface area contributed by atoms with Crippen LogP contribution in [0.2, 0.25) is 0 Å². The van der Waals surface area contributed by atoms with Crippen molar-refractivity contribution in [3.05, 3.63) is 213 Å². The number of aromatic nitrogens is 5. The Kier molecular flexibility index (Phi) is 8.75. The molecule has 0 aliphatic heterocycles. The standard InChI is InChI=1S/C55H35N5/c1-2-11-45-43(9-1)44-10-3-4-12-46(44)48-14-7-8-16-50(48)52-35-42(25-26-51(52)49-15-6-5-13-47(45)49)55-59-53(40-21-17-36(18-22-40)38-27-31-56-32-28-38)58-54(60-55)41-23-19-37(20-24-41)39-29-33-57-34-30-39/h1-35H. The van der Waals surface area contributed by atoms with Crippen LogP contribution in [0.3, 0.4) is 0 Å². The van der Waals surface area contributed by atoms with Crippen LogP contribution < -0.4 is 0 Å². The van der Waals surface area contributed by atoms with Crippen molar-refractivity contribution in [1.82, 2.24) is 24.9 Å². The molecule has 5 nitrogen and oxygen atoms in total. The summed E-state index contributed by atoms with van der Waals surface area (Å²) in [7, 11) is 0. The minimum absolute atomic E-state index is 0.600. The summed E-state index contributed by atoms with van der Waals surface area (Å²) in [6.45, 7) is 0. The summed E-state index contributed by atoms with van der Waals surface area (Å²) >= 11 is 0. The van der Waals surface area contributed by atoms with Gasteiger partial charge in [0.15, 0.2) is 17.5 Å². The summed E-state index contributed by atoms with van der Waals surface area (Å²) in [5.74, 6) is 1.81. The molecule has 0 N–H and O–H groups in total. The van der Waals surface area contributed by atoms with Crippen molar-refractivity contribution in [2.24, 2.45) is 0 Å². The molecule has 0 aliphatic rings. The Morgan fingerprint density at radius 1 is 0.200 bits per heavy atom. The highest BCUT2D eigenvalue weighted by Crippen LogP contribution is 2.37. The van der Waals surface area contributed by atoms with E-state index in [4.69, 9.17) is 15.0 Å². The normalized spacial score (nSPS) is 11.3. The molecule has 0 saturated heterocycles. The van der Waals surface area contributed by atoms with E-state index in [2.05, 4.69) is 174 Å². The lowest BCUT2D eigenvalue weighted by Gasteiger charge is -2.12. The van der Waals surface area contributed by atoms with Gasteiger partial charge in [-0.25, -0.2) is 15.0 Å². The lowest BCUT2D eigenvalue weighted by atomic mass is 9.94. The average molecular weight is 766 g/mol. The van der Waals surface area contributed by atoms with Crippen LogP contribution in [0.25, 0.3) is 110 Å². The quantitative estimate of drug-likeness (QED) is 0.175. The van der Waals surface area contributed by atoms with Crippen molar-refractivity contribution in [3.63, 3.8) is 0 Å². The van der Waals surface area contributed by atoms with E-state index in [1.807, 2.05) is 49.1 Å². The van der Waals surface area contributed by atoms with Crippen LogP contribution in [0.1, 0.15) is 0 Å². The molecule has 11 aromatic rings. The Hall–Kier alpha value is -8.15. The van der Waals surface area contributed by atoms with Gasteiger partial charge in [0.25, 0.3) is 0 Å². The zero-order valence-electron chi connectivity index (χ0n) is 32.4. The molecule has 0 amide bonds. The van der Waals surface area contributed by atoms with E-state index >= 15 is 0 Å². The Morgan fingerprint density at radius 3 is 0.800 bits per heavy atom. The maximum atomic E-state index is 5.22. The van der Waals surface area contributed by atoms with Gasteiger partial charge in [-0.3, -0.25) is 9.97 Å². The van der Waals surface area contributed by atoms with Crippen LogP contribution in [-0.4, -0.2) is 24.9 Å². The minimum Gasteiger partial charge on any atom is -0.265 e. The van der Waals surface area contributed by atoms with E-state index in [-0.39, 0.29) is 0 Å². The first kappa shape index (κ1) is 35.0. The predicted molar refractivity (Wildman–Crippen MR) is 248 cm³/mol. The first-order valence-corrected chi connectivity index (χ1v) is 20.1. The van der Waals surface area contributed by atoms with Gasteiger partial charge in [0.2, 0.25) is 0 Å². The largest absolute Gasteiger partial charge is 0.265 e. The number of hydrogen-bond donors (Lipinski definition) is 0. The van der Waals surface area contributed by atoms with Gasteiger partial charge < -0.3 is 0 Å². The third-order valence-corrected chi connectivity index (χ3v) is 11.4. The Bertz CT molecular complexity index is 3280. The molecule has 60 heavy (non-hydrogen) atoms. The SMILES string of the molecule is c1ccc2c(c1)c1ccccc1c1ccccc1c1cc(-c3nc(-c4ccc(-c5ccncc5)cc4)nc(-c4ccc(-c5ccncc5)cc4)n3)ccc1c1ccccc21. The second-order valence-corrected chi connectivity index (χ2v) is 14.9. The van der Waals surface area contributed by atoms with Crippen LogP contribution >= 0.6 is 0 Å². The summed E-state index contributed by atoms with van der Waals surface area (Å²) in [5.41, 5.74) is 7.10. The summed E-state index contributed by atoms with van der Waals surface area (Å²) in [4.78, 5) is 23.9. The van der Waals surface area contributed by atoms with Gasteiger partial charge in [0.05, 0.1) is 0 Å². The molecule has 0 bridgehead atoms. The molecular weight excluding hydrogens is 731 g/mol. The first-order valence-electron chi connectivity index (χ1n) is 20.1. The fraction of sp³-hybridized carbons (Fsp3) is 0. The van der Waals surface area contributed by atoms with E-state index < -0.39 is 0 Å². The van der Waals surface area contributed by atoms with Gasteiger partial charge in [-0.15, -0.1) is 0 Å². The molecule has 0 fully saturated rings. The highest BCUT2D eigenvalue weighted by molar-refractivity contribution is 6.26. The van der Waals surface area contributed by atoms with Gasteiger partial charge in [-0.1, -0.05) is 158 Å². The highest BCUT2D eigenvalue weighted by atomic mass is 15.0. The monoisotopic (exact) mass is 765 g/mol. The van der Waals surface area contributed by atoms with Crippen LogP contribution in [0, 0.1) is 0 Å². The van der Waals surface area contributed by atoms with Crippen LogP contribution in [0.5, 0.6) is 0 Å². The molecule has 0 saturated carbocycles. The second kappa shape index (κ2) is 15.0. The van der Waals surface area contributed by atoms with E-state index in [1.165, 1.54) is 37.7 Å². The van der Waals surface area contributed by atoms with Crippen LogP contribution in [-0.2, 0) is 0 Å². The van der Waals surface area contributed by atoms with Gasteiger partial charge in [0, 0.05) is 41.5 Å². The smallest absolute Gasteiger partial charge is 0.164 e. The highest BCUT2D eigenvalue weighted by Gasteiger charge is 2.15. The Morgan fingerprint density at radius 2 is 0.450 bits per heavy atom. The van der Waals surface area contributed by atoms with Gasteiger partial charge in [-0.05, 0) is 106 Å². The number of fused-ring (bicyclic) bond motifs is 10. The number of benzene rings is 7. The zero-order chi connectivity index (χ0) is 39.8. The molecule has 0 unspecified atom stereocenters. The van der Waals surface area contributed by atoms with Crippen LogP contribution in [0.4, 0.5) is 0 Å². The van der Waals surface area contributed by atoms with E-state index in [9.17, 15) is 0 Å². The number of hydrogen-bond acceptors (Lipinski definition) is 5. The molecule has 280 valence electrons. The summed E-state index contributed by atoms with van der Waals surface area (Å²) < 4.78 is 0. The molecule has 0 radical (unpaired) electrons. The molecule has 0 spiro atoms.